The molecule has 0 aromatic carbocycles. The fraction of sp³-hybridized carbons (Fsp3) is 0.600. The highest BCUT2D eigenvalue weighted by Crippen LogP contribution is 2.25. The van der Waals surface area contributed by atoms with E-state index in [9.17, 15) is 4.79 Å². The van der Waals surface area contributed by atoms with Gasteiger partial charge in [0.05, 0.1) is 5.01 Å². The topological polar surface area (TPSA) is 30.0 Å². The monoisotopic (exact) mass is 197 g/mol. The Hall–Kier alpha value is -0.700. The predicted octanol–water partition coefficient (Wildman–Crippen LogP) is 2.61. The van der Waals surface area contributed by atoms with Gasteiger partial charge in [0.2, 0.25) is 0 Å². The summed E-state index contributed by atoms with van der Waals surface area (Å²) in [4.78, 5) is 16.3. The van der Waals surface area contributed by atoms with Gasteiger partial charge in [-0.05, 0) is 13.3 Å². The van der Waals surface area contributed by atoms with Gasteiger partial charge in [0.25, 0.3) is 0 Å². The molecule has 1 heterocycles. The maximum absolute atomic E-state index is 10.8. The summed E-state index contributed by atoms with van der Waals surface area (Å²) in [5, 5.41) is 1.06. The Morgan fingerprint density at radius 2 is 2.38 bits per heavy atom. The van der Waals surface area contributed by atoms with E-state index < -0.39 is 0 Å². The zero-order valence-electron chi connectivity index (χ0n) is 8.33. The number of carbonyl (C=O) groups is 1. The lowest BCUT2D eigenvalue weighted by molar-refractivity contribution is -0.115. The lowest BCUT2D eigenvalue weighted by Gasteiger charge is -2.18. The molecule has 0 N–H and O–H groups in total. The van der Waals surface area contributed by atoms with E-state index in [4.69, 9.17) is 0 Å². The molecule has 0 spiro atoms. The van der Waals surface area contributed by atoms with E-state index in [0.29, 0.717) is 0 Å². The number of aromatic nitrogens is 1. The van der Waals surface area contributed by atoms with Gasteiger partial charge in [-0.3, -0.25) is 0 Å². The number of aldehydes is 1. The number of carbonyl (C=O) groups excluding carboxylic acids is 1. The highest BCUT2D eigenvalue weighted by Gasteiger charge is 2.22. The molecule has 1 rings (SSSR count). The summed E-state index contributed by atoms with van der Waals surface area (Å²) >= 11 is 1.68. The lowest BCUT2D eigenvalue weighted by Crippen LogP contribution is -2.19. The fourth-order valence-electron chi connectivity index (χ4n) is 1.08. The molecule has 0 saturated heterocycles. The van der Waals surface area contributed by atoms with E-state index in [1.165, 1.54) is 4.88 Å². The molecular weight excluding hydrogens is 182 g/mol. The molecule has 0 aliphatic rings. The maximum atomic E-state index is 10.8. The third kappa shape index (κ3) is 2.62. The predicted molar refractivity (Wildman–Crippen MR) is 55.0 cm³/mol. The average molecular weight is 197 g/mol. The first-order chi connectivity index (χ1) is 6.09. The molecule has 0 saturated carbocycles. The minimum Gasteiger partial charge on any atom is -0.303 e. The second kappa shape index (κ2) is 4.01. The van der Waals surface area contributed by atoms with E-state index in [1.54, 1.807) is 11.3 Å². The summed E-state index contributed by atoms with van der Waals surface area (Å²) in [6.45, 7) is 6.05. The molecule has 0 bridgehead atoms. The van der Waals surface area contributed by atoms with E-state index in [-0.39, 0.29) is 5.41 Å². The van der Waals surface area contributed by atoms with Gasteiger partial charge in [-0.2, -0.15) is 0 Å². The van der Waals surface area contributed by atoms with Crippen molar-refractivity contribution in [1.29, 1.82) is 0 Å². The summed E-state index contributed by atoms with van der Waals surface area (Å²) in [5.41, 5.74) is -0.232. The van der Waals surface area contributed by atoms with E-state index >= 15 is 0 Å². The third-order valence-electron chi connectivity index (χ3n) is 2.32. The van der Waals surface area contributed by atoms with Crippen molar-refractivity contribution in [3.8, 4) is 0 Å². The molecular formula is C10H15NOS. The van der Waals surface area contributed by atoms with Gasteiger partial charge in [-0.25, -0.2) is 4.98 Å². The van der Waals surface area contributed by atoms with Crippen LogP contribution >= 0.6 is 11.3 Å². The van der Waals surface area contributed by atoms with Crippen molar-refractivity contribution < 1.29 is 4.79 Å². The number of thiazole rings is 1. The Kier molecular flexibility index (Phi) is 3.20. The van der Waals surface area contributed by atoms with Gasteiger partial charge in [-0.1, -0.05) is 13.8 Å². The number of hydrogen-bond donors (Lipinski definition) is 0. The maximum Gasteiger partial charge on any atom is 0.126 e. The van der Waals surface area contributed by atoms with Crippen molar-refractivity contribution in [1.82, 2.24) is 4.98 Å². The SMILES string of the molecule is CCC(C)(C=O)Cc1ncc(C)s1. The van der Waals surface area contributed by atoms with E-state index in [1.807, 2.05) is 27.0 Å². The standard InChI is InChI=1S/C10H15NOS/c1-4-10(3,7-12)5-9-11-6-8(2)13-9/h6-7H,4-5H2,1-3H3. The van der Waals surface area contributed by atoms with Crippen molar-refractivity contribution in [2.75, 3.05) is 0 Å². The minimum absolute atomic E-state index is 0.232. The Bertz CT molecular complexity index is 295. The Morgan fingerprint density at radius 3 is 2.77 bits per heavy atom. The largest absolute Gasteiger partial charge is 0.303 e. The van der Waals surface area contributed by atoms with Crippen LogP contribution in [0.15, 0.2) is 6.20 Å². The van der Waals surface area contributed by atoms with Crippen LogP contribution in [-0.4, -0.2) is 11.3 Å². The normalized spacial score (nSPS) is 15.3. The molecule has 72 valence electrons. The van der Waals surface area contributed by atoms with Gasteiger partial charge in [0.15, 0.2) is 0 Å². The van der Waals surface area contributed by atoms with Gasteiger partial charge < -0.3 is 4.79 Å². The van der Waals surface area contributed by atoms with Gasteiger partial charge in [0.1, 0.15) is 6.29 Å². The van der Waals surface area contributed by atoms with Crippen LogP contribution in [0.25, 0.3) is 0 Å². The van der Waals surface area contributed by atoms with Crippen LogP contribution in [0.3, 0.4) is 0 Å². The molecule has 13 heavy (non-hydrogen) atoms. The minimum atomic E-state index is -0.232. The van der Waals surface area contributed by atoms with Crippen LogP contribution < -0.4 is 0 Å². The molecule has 2 nitrogen and oxygen atoms in total. The number of rotatable bonds is 4. The van der Waals surface area contributed by atoms with Crippen molar-refractivity contribution in [2.24, 2.45) is 5.41 Å². The van der Waals surface area contributed by atoms with Gasteiger partial charge >= 0.3 is 0 Å². The number of hydrogen-bond acceptors (Lipinski definition) is 3. The molecule has 3 heteroatoms. The zero-order valence-corrected chi connectivity index (χ0v) is 9.15. The lowest BCUT2D eigenvalue weighted by atomic mass is 9.86. The van der Waals surface area contributed by atoms with Crippen molar-refractivity contribution in [3.05, 3.63) is 16.1 Å². The molecule has 0 aliphatic heterocycles. The van der Waals surface area contributed by atoms with Crippen molar-refractivity contribution >= 4 is 17.6 Å². The first-order valence-electron chi connectivity index (χ1n) is 4.47. The van der Waals surface area contributed by atoms with Crippen LogP contribution in [0.5, 0.6) is 0 Å². The van der Waals surface area contributed by atoms with Crippen LogP contribution in [0.2, 0.25) is 0 Å². The number of nitrogens with zero attached hydrogens (tertiary/aromatic N) is 1. The van der Waals surface area contributed by atoms with Crippen LogP contribution in [0.4, 0.5) is 0 Å². The van der Waals surface area contributed by atoms with Crippen molar-refractivity contribution in [3.63, 3.8) is 0 Å². The first kappa shape index (κ1) is 10.4. The van der Waals surface area contributed by atoms with Crippen molar-refractivity contribution in [2.45, 2.75) is 33.6 Å². The molecule has 1 aromatic rings. The first-order valence-corrected chi connectivity index (χ1v) is 5.29. The van der Waals surface area contributed by atoms with Gasteiger partial charge in [-0.15, -0.1) is 11.3 Å². The molecule has 1 unspecified atom stereocenters. The average Bonchev–Trinajstić information content (AvgIpc) is 2.51. The second-order valence-corrected chi connectivity index (χ2v) is 4.99. The van der Waals surface area contributed by atoms with E-state index in [2.05, 4.69) is 4.98 Å². The summed E-state index contributed by atoms with van der Waals surface area (Å²) in [7, 11) is 0. The van der Waals surface area contributed by atoms with Crippen LogP contribution in [-0.2, 0) is 11.2 Å². The third-order valence-corrected chi connectivity index (χ3v) is 3.23. The quantitative estimate of drug-likeness (QED) is 0.694. The summed E-state index contributed by atoms with van der Waals surface area (Å²) in [6.07, 6.45) is 4.55. The number of aryl methyl sites for hydroxylation is 1. The molecule has 1 aromatic heterocycles. The molecule has 0 aliphatic carbocycles. The fourth-order valence-corrected chi connectivity index (χ4v) is 2.06. The smallest absolute Gasteiger partial charge is 0.126 e. The van der Waals surface area contributed by atoms with Crippen LogP contribution in [0, 0.1) is 12.3 Å². The highest BCUT2D eigenvalue weighted by molar-refractivity contribution is 7.11. The van der Waals surface area contributed by atoms with Gasteiger partial charge in [0, 0.05) is 22.9 Å². The Balaban J connectivity index is 2.72. The molecule has 0 radical (unpaired) electrons. The Morgan fingerprint density at radius 1 is 1.69 bits per heavy atom. The summed E-state index contributed by atoms with van der Waals surface area (Å²) in [5.74, 6) is 0. The molecule has 1 atom stereocenters. The highest BCUT2D eigenvalue weighted by atomic mass is 32.1. The molecule has 0 fully saturated rings. The Labute approximate surface area is 83.0 Å². The molecule has 0 amide bonds. The van der Waals surface area contributed by atoms with Crippen LogP contribution in [0.1, 0.15) is 30.2 Å². The summed E-state index contributed by atoms with van der Waals surface area (Å²) in [6, 6.07) is 0. The summed E-state index contributed by atoms with van der Waals surface area (Å²) < 4.78 is 0. The second-order valence-electron chi connectivity index (χ2n) is 3.67. The van der Waals surface area contributed by atoms with E-state index in [0.717, 1.165) is 24.1 Å². The zero-order chi connectivity index (χ0) is 9.90.